The van der Waals surface area contributed by atoms with Crippen molar-refractivity contribution in [3.05, 3.63) is 0 Å². The van der Waals surface area contributed by atoms with Crippen LogP contribution in [0.2, 0.25) is 0 Å². The molecule has 2 atom stereocenters. The van der Waals surface area contributed by atoms with Gasteiger partial charge in [-0.2, -0.15) is 0 Å². The van der Waals surface area contributed by atoms with E-state index < -0.39 is 33.2 Å². The topological polar surface area (TPSA) is 134 Å². The van der Waals surface area contributed by atoms with Gasteiger partial charge in [0.25, 0.3) is 5.78 Å². The summed E-state index contributed by atoms with van der Waals surface area (Å²) in [6, 6.07) is 0. The maximum Gasteiger partial charge on any atom is 0.748 e. The van der Waals surface area contributed by atoms with Crippen LogP contribution in [-0.4, -0.2) is 53.0 Å². The molecule has 0 aromatic carbocycles. The number of rotatable bonds is 0. The molecule has 2 unspecified atom stereocenters. The Balaban J connectivity index is 2.92. The van der Waals surface area contributed by atoms with Crippen molar-refractivity contribution in [2.75, 3.05) is 0 Å². The van der Waals surface area contributed by atoms with Crippen molar-refractivity contribution < 1.29 is 38.2 Å². The number of carbonyl (C=O) groups excluding carboxylic acids is 2. The lowest BCUT2D eigenvalue weighted by atomic mass is 10.2. The van der Waals surface area contributed by atoms with E-state index in [9.17, 15) is 9.59 Å². The van der Waals surface area contributed by atoms with Crippen molar-refractivity contribution in [2.24, 2.45) is 0 Å². The van der Waals surface area contributed by atoms with Crippen LogP contribution in [0, 0.1) is 0 Å². The van der Waals surface area contributed by atoms with E-state index in [1.807, 2.05) is 0 Å². The summed E-state index contributed by atoms with van der Waals surface area (Å²) in [5, 5.41) is 17.6. The van der Waals surface area contributed by atoms with E-state index in [2.05, 4.69) is 8.85 Å². The molecule has 74 valence electrons. The molecule has 0 aliphatic carbocycles. The normalized spacial score (nSPS) is 33.8. The zero-order valence-corrected chi connectivity index (χ0v) is 7.08. The van der Waals surface area contributed by atoms with Crippen LogP contribution in [0.25, 0.3) is 0 Å². The van der Waals surface area contributed by atoms with Gasteiger partial charge in [0.05, 0.1) is 0 Å². The van der Waals surface area contributed by atoms with E-state index in [1.54, 1.807) is 0 Å². The standard InChI is InChI=1S/C4H6O8Si/c5-1-2(6)4(8)12-13(9,10)11-3(1)7/h1,3,5,7,9-10H. The summed E-state index contributed by atoms with van der Waals surface area (Å²) >= 11 is 0. The molecule has 1 rings (SSSR count). The first-order valence-electron chi connectivity index (χ1n) is 3.09. The predicted molar refractivity (Wildman–Crippen MR) is 34.4 cm³/mol. The van der Waals surface area contributed by atoms with Gasteiger partial charge in [-0.15, -0.1) is 0 Å². The minimum atomic E-state index is -4.83. The fourth-order valence-corrected chi connectivity index (χ4v) is 1.50. The highest BCUT2D eigenvalue weighted by Gasteiger charge is 2.52. The number of aliphatic hydroxyl groups is 2. The van der Waals surface area contributed by atoms with Crippen LogP contribution in [0.5, 0.6) is 0 Å². The molecule has 0 bridgehead atoms. The van der Waals surface area contributed by atoms with Gasteiger partial charge in [-0.25, -0.2) is 4.79 Å². The van der Waals surface area contributed by atoms with Gasteiger partial charge in [-0.1, -0.05) is 0 Å². The summed E-state index contributed by atoms with van der Waals surface area (Å²) in [6.07, 6.45) is -4.35. The van der Waals surface area contributed by atoms with Crippen LogP contribution >= 0.6 is 0 Å². The number of aliphatic hydroxyl groups excluding tert-OH is 2. The number of Topliss-reactive ketones (excluding diaryl/α,β-unsaturated/α-hetero) is 1. The van der Waals surface area contributed by atoms with Crippen LogP contribution in [-0.2, 0) is 18.4 Å². The highest BCUT2D eigenvalue weighted by molar-refractivity contribution is 6.57. The van der Waals surface area contributed by atoms with Crippen molar-refractivity contribution in [3.63, 3.8) is 0 Å². The minimum Gasteiger partial charge on any atom is -0.446 e. The average molecular weight is 210 g/mol. The molecule has 1 aliphatic rings. The highest BCUT2D eigenvalue weighted by Crippen LogP contribution is 2.12. The van der Waals surface area contributed by atoms with Crippen LogP contribution in [0.4, 0.5) is 0 Å². The fraction of sp³-hybridized carbons (Fsp3) is 0.500. The molecule has 1 aliphatic heterocycles. The smallest absolute Gasteiger partial charge is 0.446 e. The van der Waals surface area contributed by atoms with Crippen LogP contribution in [0.15, 0.2) is 0 Å². The number of hydrogen-bond donors (Lipinski definition) is 4. The SMILES string of the molecule is O=C1O[Si](O)(O)OC(O)C(O)C1=O. The van der Waals surface area contributed by atoms with Gasteiger partial charge in [0.2, 0.25) is 0 Å². The lowest BCUT2D eigenvalue weighted by Gasteiger charge is -2.15. The van der Waals surface area contributed by atoms with Gasteiger partial charge in [-0.05, 0) is 0 Å². The van der Waals surface area contributed by atoms with Crippen molar-refractivity contribution in [1.82, 2.24) is 0 Å². The van der Waals surface area contributed by atoms with E-state index in [-0.39, 0.29) is 0 Å². The minimum absolute atomic E-state index is 1.50. The number of ketones is 1. The quantitative estimate of drug-likeness (QED) is 0.236. The Hall–Kier alpha value is -0.843. The van der Waals surface area contributed by atoms with Gasteiger partial charge in [-0.3, -0.25) is 4.79 Å². The zero-order chi connectivity index (χ0) is 10.2. The second-order valence-corrected chi connectivity index (χ2v) is 3.79. The maximum atomic E-state index is 10.7. The fourth-order valence-electron chi connectivity index (χ4n) is 0.667. The molecule has 1 saturated heterocycles. The molecule has 0 spiro atoms. The summed E-state index contributed by atoms with van der Waals surface area (Å²) in [4.78, 5) is 38.7. The molecule has 0 amide bonds. The Bertz CT molecular complexity index is 249. The summed E-state index contributed by atoms with van der Waals surface area (Å²) in [7, 11) is -4.83. The molecule has 13 heavy (non-hydrogen) atoms. The molecular formula is C4H6O8Si. The molecule has 1 heterocycles. The molecule has 8 nitrogen and oxygen atoms in total. The van der Waals surface area contributed by atoms with Crippen molar-refractivity contribution in [1.29, 1.82) is 0 Å². The Morgan fingerprint density at radius 2 is 1.77 bits per heavy atom. The van der Waals surface area contributed by atoms with Gasteiger partial charge < -0.3 is 28.7 Å². The Labute approximate surface area is 72.4 Å². The molecule has 4 N–H and O–H groups in total. The lowest BCUT2D eigenvalue weighted by molar-refractivity contribution is -0.157. The van der Waals surface area contributed by atoms with E-state index >= 15 is 0 Å². The van der Waals surface area contributed by atoms with Crippen LogP contribution in [0.3, 0.4) is 0 Å². The maximum absolute atomic E-state index is 10.7. The van der Waals surface area contributed by atoms with E-state index in [0.717, 1.165) is 0 Å². The number of hydrogen-bond acceptors (Lipinski definition) is 8. The summed E-state index contributed by atoms with van der Waals surface area (Å²) in [5.74, 6) is -3.15. The van der Waals surface area contributed by atoms with Crippen LogP contribution < -0.4 is 0 Å². The Morgan fingerprint density at radius 1 is 1.23 bits per heavy atom. The van der Waals surface area contributed by atoms with Gasteiger partial charge >= 0.3 is 15.0 Å². The molecular weight excluding hydrogens is 204 g/mol. The molecule has 0 aromatic rings. The molecule has 0 saturated carbocycles. The van der Waals surface area contributed by atoms with Gasteiger partial charge in [0, 0.05) is 0 Å². The monoisotopic (exact) mass is 210 g/mol. The van der Waals surface area contributed by atoms with Gasteiger partial charge in [0.15, 0.2) is 12.4 Å². The van der Waals surface area contributed by atoms with Gasteiger partial charge in [0.1, 0.15) is 0 Å². The lowest BCUT2D eigenvalue weighted by Crippen LogP contribution is -2.46. The Kier molecular flexibility index (Phi) is 2.47. The van der Waals surface area contributed by atoms with Crippen molar-refractivity contribution >= 4 is 20.8 Å². The van der Waals surface area contributed by atoms with Crippen molar-refractivity contribution in [2.45, 2.75) is 12.4 Å². The third kappa shape index (κ3) is 2.09. The van der Waals surface area contributed by atoms with Crippen LogP contribution in [0.1, 0.15) is 0 Å². The first-order valence-corrected chi connectivity index (χ1v) is 4.80. The first-order chi connectivity index (χ1) is 5.83. The van der Waals surface area contributed by atoms with E-state index in [4.69, 9.17) is 19.8 Å². The molecule has 0 radical (unpaired) electrons. The zero-order valence-electron chi connectivity index (χ0n) is 6.08. The van der Waals surface area contributed by atoms with E-state index in [0.29, 0.717) is 0 Å². The summed E-state index contributed by atoms with van der Waals surface area (Å²) < 4.78 is 7.71. The third-order valence-corrected chi connectivity index (χ3v) is 2.24. The third-order valence-electron chi connectivity index (χ3n) is 1.24. The second kappa shape index (κ2) is 3.14. The van der Waals surface area contributed by atoms with Crippen molar-refractivity contribution in [3.8, 4) is 0 Å². The predicted octanol–water partition coefficient (Wildman–Crippen LogP) is -3.77. The average Bonchev–Trinajstić information content (AvgIpc) is 2.03. The molecule has 0 aromatic heterocycles. The summed E-state index contributed by atoms with van der Waals surface area (Å²) in [5.41, 5.74) is 0. The molecule has 9 heteroatoms. The largest absolute Gasteiger partial charge is 0.748 e. The first kappa shape index (κ1) is 10.2. The molecule has 1 fully saturated rings. The summed E-state index contributed by atoms with van der Waals surface area (Å²) in [6.45, 7) is 0. The second-order valence-electron chi connectivity index (χ2n) is 2.26. The Morgan fingerprint density at radius 3 is 2.31 bits per heavy atom. The van der Waals surface area contributed by atoms with E-state index in [1.165, 1.54) is 0 Å². The number of carbonyl (C=O) groups is 2. The highest BCUT2D eigenvalue weighted by atomic mass is 28.4.